The smallest absolute Gasteiger partial charge is 0.194 e. The summed E-state index contributed by atoms with van der Waals surface area (Å²) < 4.78 is 5.72. The molecule has 0 unspecified atom stereocenters. The Kier molecular flexibility index (Phi) is 10.4. The Morgan fingerprint density at radius 3 is 2.06 bits per heavy atom. The van der Waals surface area contributed by atoms with E-state index in [1.54, 1.807) is 60.3 Å². The van der Waals surface area contributed by atoms with Gasteiger partial charge < -0.3 is 4.74 Å². The van der Waals surface area contributed by atoms with Gasteiger partial charge in [0.25, 0.3) is 0 Å². The number of allylic oxidation sites excluding steroid dienone is 3. The van der Waals surface area contributed by atoms with Crippen LogP contribution in [-0.4, -0.2) is 5.78 Å². The Balaban J connectivity index is 0.00000176. The van der Waals surface area contributed by atoms with Crippen molar-refractivity contribution in [2.24, 2.45) is 0 Å². The van der Waals surface area contributed by atoms with Gasteiger partial charge in [0, 0.05) is 25.9 Å². The Morgan fingerprint density at radius 2 is 1.50 bits per heavy atom. The van der Waals surface area contributed by atoms with E-state index < -0.39 is 0 Å². The topological polar surface area (TPSA) is 26.3 Å². The molecule has 0 N–H and O–H groups in total. The minimum Gasteiger partial charge on any atom is -0.457 e. The van der Waals surface area contributed by atoms with Gasteiger partial charge in [0.05, 0.1) is 5.02 Å². The molecule has 0 amide bonds. The van der Waals surface area contributed by atoms with E-state index in [0.717, 1.165) is 9.79 Å². The Bertz CT molecular complexity index is 1100. The lowest BCUT2D eigenvalue weighted by Crippen LogP contribution is -2.02. The van der Waals surface area contributed by atoms with Crippen LogP contribution < -0.4 is 4.74 Å². The van der Waals surface area contributed by atoms with Crippen LogP contribution in [0.4, 0.5) is 0 Å². The molecule has 32 heavy (non-hydrogen) atoms. The average Bonchev–Trinajstić information content (AvgIpc) is 2.83. The number of hydrogen-bond acceptors (Lipinski definition) is 3. The zero-order valence-electron chi connectivity index (χ0n) is 18.0. The van der Waals surface area contributed by atoms with Crippen molar-refractivity contribution >= 4 is 40.7 Å². The summed E-state index contributed by atoms with van der Waals surface area (Å²) in [7, 11) is 0. The highest BCUT2D eigenvalue weighted by Gasteiger charge is 2.13. The first kappa shape index (κ1) is 25.5. The molecular formula is C27H24Cl2O2S. The first-order valence-corrected chi connectivity index (χ1v) is 11.6. The fraction of sp³-hybridized carbons (Fsp3) is 0.0741. The monoisotopic (exact) mass is 482 g/mol. The third-order valence-electron chi connectivity index (χ3n) is 4.07. The van der Waals surface area contributed by atoms with Crippen LogP contribution in [0.3, 0.4) is 0 Å². The van der Waals surface area contributed by atoms with Gasteiger partial charge in [-0.05, 0) is 78.9 Å². The Labute approximate surface area is 204 Å². The fourth-order valence-electron chi connectivity index (χ4n) is 2.61. The van der Waals surface area contributed by atoms with Gasteiger partial charge in [-0.1, -0.05) is 68.0 Å². The molecule has 164 valence electrons. The molecule has 0 heterocycles. The Hall–Kier alpha value is -2.72. The van der Waals surface area contributed by atoms with Gasteiger partial charge in [-0.3, -0.25) is 4.79 Å². The Morgan fingerprint density at radius 1 is 0.906 bits per heavy atom. The molecule has 0 atom stereocenters. The second-order valence-electron chi connectivity index (χ2n) is 6.16. The lowest BCUT2D eigenvalue weighted by atomic mass is 10.0. The van der Waals surface area contributed by atoms with Gasteiger partial charge in [0.1, 0.15) is 11.5 Å². The summed E-state index contributed by atoms with van der Waals surface area (Å²) in [6.45, 7) is 11.4. The lowest BCUT2D eigenvalue weighted by molar-refractivity contribution is 0.103. The summed E-state index contributed by atoms with van der Waals surface area (Å²) in [6, 6.07) is 20.0. The number of ether oxygens (including phenoxy) is 1. The molecule has 5 heteroatoms. The number of hydrogen-bond donors (Lipinski definition) is 0. The molecule has 0 aromatic heterocycles. The maximum Gasteiger partial charge on any atom is 0.194 e. The highest BCUT2D eigenvalue weighted by Crippen LogP contribution is 2.30. The van der Waals surface area contributed by atoms with E-state index in [9.17, 15) is 4.79 Å². The van der Waals surface area contributed by atoms with Crippen molar-refractivity contribution in [1.82, 2.24) is 0 Å². The molecule has 0 fully saturated rings. The summed E-state index contributed by atoms with van der Waals surface area (Å²) in [5.41, 5.74) is 0.947. The molecule has 0 bridgehead atoms. The van der Waals surface area contributed by atoms with Crippen molar-refractivity contribution in [3.63, 3.8) is 0 Å². The van der Waals surface area contributed by atoms with Gasteiger partial charge in [-0.25, -0.2) is 0 Å². The van der Waals surface area contributed by atoms with E-state index in [1.165, 1.54) is 0 Å². The molecule has 3 aromatic carbocycles. The van der Waals surface area contributed by atoms with Crippen molar-refractivity contribution < 1.29 is 9.53 Å². The molecule has 3 rings (SSSR count). The number of carbonyl (C=O) groups is 1. The van der Waals surface area contributed by atoms with Gasteiger partial charge in [0.2, 0.25) is 0 Å². The number of halogens is 2. The summed E-state index contributed by atoms with van der Waals surface area (Å²) in [5.74, 6) is 1.18. The predicted molar refractivity (Wildman–Crippen MR) is 137 cm³/mol. The molecule has 2 nitrogen and oxygen atoms in total. The molecule has 0 aliphatic rings. The van der Waals surface area contributed by atoms with Crippen molar-refractivity contribution in [1.29, 1.82) is 0 Å². The van der Waals surface area contributed by atoms with Gasteiger partial charge in [-0.15, -0.1) is 0 Å². The van der Waals surface area contributed by atoms with E-state index in [4.69, 9.17) is 27.9 Å². The maximum absolute atomic E-state index is 12.7. The van der Waals surface area contributed by atoms with Crippen molar-refractivity contribution in [3.05, 3.63) is 125 Å². The zero-order chi connectivity index (χ0) is 23.5. The largest absolute Gasteiger partial charge is 0.457 e. The molecule has 0 aliphatic carbocycles. The van der Waals surface area contributed by atoms with Crippen LogP contribution in [0.1, 0.15) is 29.8 Å². The number of ketones is 1. The molecule has 0 aliphatic heterocycles. The van der Waals surface area contributed by atoms with E-state index in [2.05, 4.69) is 13.2 Å². The number of carbonyl (C=O) groups excluding carboxylic acids is 1. The normalized spacial score (nSPS) is 10.6. The van der Waals surface area contributed by atoms with E-state index in [-0.39, 0.29) is 5.78 Å². The fourth-order valence-corrected chi connectivity index (χ4v) is 3.80. The second kappa shape index (κ2) is 13.0. The first-order chi connectivity index (χ1) is 15.5. The zero-order valence-corrected chi connectivity index (χ0v) is 20.3. The van der Waals surface area contributed by atoms with Gasteiger partial charge in [-0.2, -0.15) is 0 Å². The van der Waals surface area contributed by atoms with Gasteiger partial charge >= 0.3 is 0 Å². The van der Waals surface area contributed by atoms with Crippen molar-refractivity contribution in [3.8, 4) is 5.75 Å². The van der Waals surface area contributed by atoms with Crippen LogP contribution in [0, 0.1) is 0 Å². The molecular weight excluding hydrogens is 459 g/mol. The van der Waals surface area contributed by atoms with Crippen LogP contribution >= 0.6 is 35.0 Å². The molecule has 0 saturated carbocycles. The third kappa shape index (κ3) is 7.16. The van der Waals surface area contributed by atoms with E-state index in [1.807, 2.05) is 50.2 Å². The van der Waals surface area contributed by atoms with Crippen molar-refractivity contribution in [2.75, 3.05) is 0 Å². The lowest BCUT2D eigenvalue weighted by Gasteiger charge is -2.08. The quantitative estimate of drug-likeness (QED) is 0.182. The van der Waals surface area contributed by atoms with E-state index in [0.29, 0.717) is 32.7 Å². The van der Waals surface area contributed by atoms with Gasteiger partial charge in [0.15, 0.2) is 5.78 Å². The van der Waals surface area contributed by atoms with Crippen LogP contribution in [0.15, 0.2) is 114 Å². The number of benzene rings is 3. The average molecular weight is 483 g/mol. The summed E-state index contributed by atoms with van der Waals surface area (Å²) in [6.07, 6.45) is 5.02. The highest BCUT2D eigenvalue weighted by molar-refractivity contribution is 7.99. The molecule has 0 radical (unpaired) electrons. The standard InChI is InChI=1S/C25H18Cl2O2S.C2H6/c1-3-5-19(4-2)29-20-9-13-22(14-10-20)30-21-11-6-17(7-12-21)25(28)23-16-18(26)8-15-24(23)27;1-2/h3-16H,1-2H2;1-2H3/b19-5+;. The minimum absolute atomic E-state index is 0.161. The molecule has 0 spiro atoms. The summed E-state index contributed by atoms with van der Waals surface area (Å²) in [4.78, 5) is 14.8. The molecule has 0 saturated heterocycles. The molecule has 3 aromatic rings. The summed E-state index contributed by atoms with van der Waals surface area (Å²) in [5, 5.41) is 0.857. The predicted octanol–water partition coefficient (Wildman–Crippen LogP) is 9.04. The van der Waals surface area contributed by atoms with Crippen LogP contribution in [0.25, 0.3) is 0 Å². The minimum atomic E-state index is -0.161. The van der Waals surface area contributed by atoms with Crippen LogP contribution in [-0.2, 0) is 0 Å². The maximum atomic E-state index is 12.7. The summed E-state index contributed by atoms with van der Waals surface area (Å²) >= 11 is 13.7. The van der Waals surface area contributed by atoms with Crippen LogP contribution in [0.2, 0.25) is 10.0 Å². The van der Waals surface area contributed by atoms with Crippen LogP contribution in [0.5, 0.6) is 5.75 Å². The van der Waals surface area contributed by atoms with E-state index >= 15 is 0 Å². The second-order valence-corrected chi connectivity index (χ2v) is 8.15. The first-order valence-electron chi connectivity index (χ1n) is 10.0. The van der Waals surface area contributed by atoms with Crippen molar-refractivity contribution in [2.45, 2.75) is 23.6 Å². The third-order valence-corrected chi connectivity index (χ3v) is 5.65. The highest BCUT2D eigenvalue weighted by atomic mass is 35.5. The number of rotatable bonds is 8. The SMILES string of the molecule is C=C/C=C(\C=C)Oc1ccc(Sc2ccc(C(=O)c3cc(Cl)ccc3Cl)cc2)cc1.CC.